The maximum atomic E-state index is 12.3. The summed E-state index contributed by atoms with van der Waals surface area (Å²) in [5.41, 5.74) is -0.985. The van der Waals surface area contributed by atoms with Crippen LogP contribution in [0.25, 0.3) is 0 Å². The minimum atomic E-state index is -0.514. The second-order valence-electron chi connectivity index (χ2n) is 7.10. The van der Waals surface area contributed by atoms with Crippen molar-refractivity contribution in [3.63, 3.8) is 0 Å². The van der Waals surface area contributed by atoms with Gasteiger partial charge in [-0.05, 0) is 33.6 Å². The summed E-state index contributed by atoms with van der Waals surface area (Å²) < 4.78 is 5.36. The lowest BCUT2D eigenvalue weighted by Gasteiger charge is -2.45. The van der Waals surface area contributed by atoms with Crippen LogP contribution in [0.1, 0.15) is 40.0 Å². The number of nitrogens with zero attached hydrogens (tertiary/aromatic N) is 2. The Morgan fingerprint density at radius 2 is 1.76 bits per heavy atom. The fourth-order valence-electron chi connectivity index (χ4n) is 2.97. The van der Waals surface area contributed by atoms with Crippen LogP contribution in [0.5, 0.6) is 0 Å². The summed E-state index contributed by atoms with van der Waals surface area (Å²) in [6.07, 6.45) is 0.860. The van der Waals surface area contributed by atoms with E-state index < -0.39 is 11.0 Å². The van der Waals surface area contributed by atoms with Gasteiger partial charge in [0, 0.05) is 26.7 Å². The lowest BCUT2D eigenvalue weighted by atomic mass is 9.71. The molecule has 2 heterocycles. The fraction of sp³-hybridized carbons (Fsp3) is 0.800. The second-order valence-corrected chi connectivity index (χ2v) is 7.10. The number of Topliss-reactive ketones (excluding diaryl/α,β-unsaturated/α-hetero) is 1. The molecule has 0 aromatic rings. The van der Waals surface area contributed by atoms with Gasteiger partial charge in [-0.1, -0.05) is 0 Å². The van der Waals surface area contributed by atoms with E-state index in [4.69, 9.17) is 4.74 Å². The largest absolute Gasteiger partial charge is 0.444 e. The average Bonchev–Trinajstić information content (AvgIpc) is 2.35. The Labute approximate surface area is 125 Å². The SMILES string of the molecule is CN1CC2(CCN(C(=O)OC(C)(C)C)CC2)C(=O)CC1=O. The van der Waals surface area contributed by atoms with Crippen molar-refractivity contribution in [3.05, 3.63) is 0 Å². The van der Waals surface area contributed by atoms with Crippen LogP contribution in [-0.4, -0.2) is 59.9 Å². The predicted octanol–water partition coefficient (Wildman–Crippen LogP) is 1.43. The zero-order valence-corrected chi connectivity index (χ0v) is 13.3. The van der Waals surface area contributed by atoms with Crippen LogP contribution in [0, 0.1) is 5.41 Å². The van der Waals surface area contributed by atoms with Crippen molar-refractivity contribution in [2.24, 2.45) is 5.41 Å². The van der Waals surface area contributed by atoms with Crippen molar-refractivity contribution in [2.45, 2.75) is 45.6 Å². The van der Waals surface area contributed by atoms with E-state index in [0.717, 1.165) is 0 Å². The van der Waals surface area contributed by atoms with Crippen molar-refractivity contribution in [2.75, 3.05) is 26.7 Å². The molecule has 0 saturated carbocycles. The molecular formula is C15H24N2O4. The average molecular weight is 296 g/mol. The quantitative estimate of drug-likeness (QED) is 0.634. The minimum Gasteiger partial charge on any atom is -0.444 e. The summed E-state index contributed by atoms with van der Waals surface area (Å²) in [5.74, 6) is -0.0883. The molecule has 0 unspecified atom stereocenters. The molecule has 0 radical (unpaired) electrons. The highest BCUT2D eigenvalue weighted by Crippen LogP contribution is 2.37. The molecule has 2 fully saturated rings. The maximum Gasteiger partial charge on any atom is 0.410 e. The van der Waals surface area contributed by atoms with Gasteiger partial charge in [0.05, 0.1) is 11.8 Å². The van der Waals surface area contributed by atoms with E-state index in [1.807, 2.05) is 20.8 Å². The number of hydrogen-bond acceptors (Lipinski definition) is 4. The Morgan fingerprint density at radius 3 is 2.29 bits per heavy atom. The van der Waals surface area contributed by atoms with E-state index in [-0.39, 0.29) is 24.2 Å². The molecular weight excluding hydrogens is 272 g/mol. The first kappa shape index (κ1) is 15.8. The van der Waals surface area contributed by atoms with Crippen LogP contribution in [0.2, 0.25) is 0 Å². The van der Waals surface area contributed by atoms with Gasteiger partial charge in [0.1, 0.15) is 11.4 Å². The van der Waals surface area contributed by atoms with Crippen LogP contribution in [0.3, 0.4) is 0 Å². The molecule has 2 aliphatic rings. The second kappa shape index (κ2) is 5.31. The van der Waals surface area contributed by atoms with Crippen LogP contribution >= 0.6 is 0 Å². The first-order valence-corrected chi connectivity index (χ1v) is 7.38. The molecule has 21 heavy (non-hydrogen) atoms. The third kappa shape index (κ3) is 3.36. The van der Waals surface area contributed by atoms with Crippen molar-refractivity contribution in [1.82, 2.24) is 9.80 Å². The highest BCUT2D eigenvalue weighted by Gasteiger charge is 2.47. The van der Waals surface area contributed by atoms with Crippen molar-refractivity contribution < 1.29 is 19.1 Å². The molecule has 6 nitrogen and oxygen atoms in total. The highest BCUT2D eigenvalue weighted by atomic mass is 16.6. The van der Waals surface area contributed by atoms with Gasteiger partial charge in [-0.25, -0.2) is 4.79 Å². The normalized spacial score (nSPS) is 22.7. The third-order valence-corrected chi connectivity index (χ3v) is 4.24. The van der Waals surface area contributed by atoms with Gasteiger partial charge in [0.25, 0.3) is 0 Å². The molecule has 118 valence electrons. The van der Waals surface area contributed by atoms with Gasteiger partial charge < -0.3 is 14.5 Å². The number of hydrogen-bond donors (Lipinski definition) is 0. The Bertz CT molecular complexity index is 459. The summed E-state index contributed by atoms with van der Waals surface area (Å²) in [7, 11) is 1.73. The topological polar surface area (TPSA) is 66.9 Å². The number of amides is 2. The Balaban J connectivity index is 1.98. The first-order chi connectivity index (χ1) is 9.63. The number of carbonyl (C=O) groups excluding carboxylic acids is 3. The summed E-state index contributed by atoms with van der Waals surface area (Å²) >= 11 is 0. The Hall–Kier alpha value is -1.59. The van der Waals surface area contributed by atoms with Crippen molar-refractivity contribution in [1.29, 1.82) is 0 Å². The monoisotopic (exact) mass is 296 g/mol. The summed E-state index contributed by atoms with van der Waals surface area (Å²) in [6, 6.07) is 0. The number of carbonyl (C=O) groups is 3. The molecule has 0 atom stereocenters. The minimum absolute atomic E-state index is 0.0110. The smallest absolute Gasteiger partial charge is 0.410 e. The predicted molar refractivity (Wildman–Crippen MR) is 76.7 cm³/mol. The third-order valence-electron chi connectivity index (χ3n) is 4.24. The number of piperidine rings is 2. The van der Waals surface area contributed by atoms with Gasteiger partial charge in [0.2, 0.25) is 5.91 Å². The van der Waals surface area contributed by atoms with Gasteiger partial charge in [0.15, 0.2) is 0 Å². The molecule has 2 amide bonds. The molecule has 2 rings (SSSR count). The van der Waals surface area contributed by atoms with Crippen molar-refractivity contribution >= 4 is 17.8 Å². The van der Waals surface area contributed by atoms with Gasteiger partial charge in [-0.2, -0.15) is 0 Å². The van der Waals surface area contributed by atoms with Crippen LogP contribution in [-0.2, 0) is 14.3 Å². The molecule has 1 spiro atoms. The molecule has 2 saturated heterocycles. The van der Waals surface area contributed by atoms with E-state index in [1.165, 1.54) is 0 Å². The highest BCUT2D eigenvalue weighted by molar-refractivity contribution is 6.03. The maximum absolute atomic E-state index is 12.3. The first-order valence-electron chi connectivity index (χ1n) is 7.38. The van der Waals surface area contributed by atoms with E-state index in [0.29, 0.717) is 32.5 Å². The number of likely N-dealkylation sites (tertiary alicyclic amines) is 2. The lowest BCUT2D eigenvalue weighted by molar-refractivity contribution is -0.149. The lowest BCUT2D eigenvalue weighted by Crippen LogP contribution is -2.56. The van der Waals surface area contributed by atoms with E-state index in [1.54, 1.807) is 16.8 Å². The summed E-state index contributed by atoms with van der Waals surface area (Å²) in [4.78, 5) is 39.2. The van der Waals surface area contributed by atoms with Crippen LogP contribution < -0.4 is 0 Å². The molecule has 0 aromatic carbocycles. The molecule has 0 bridgehead atoms. The molecule has 2 aliphatic heterocycles. The van der Waals surface area contributed by atoms with Crippen LogP contribution in [0.4, 0.5) is 4.79 Å². The van der Waals surface area contributed by atoms with E-state index in [9.17, 15) is 14.4 Å². The fourth-order valence-corrected chi connectivity index (χ4v) is 2.97. The van der Waals surface area contributed by atoms with E-state index in [2.05, 4.69) is 0 Å². The van der Waals surface area contributed by atoms with Gasteiger partial charge in [-0.3, -0.25) is 9.59 Å². The van der Waals surface area contributed by atoms with Gasteiger partial charge >= 0.3 is 6.09 Å². The zero-order valence-electron chi connectivity index (χ0n) is 13.3. The molecule has 0 aliphatic carbocycles. The van der Waals surface area contributed by atoms with E-state index >= 15 is 0 Å². The molecule has 0 aromatic heterocycles. The standard InChI is InChI=1S/C15H24N2O4/c1-14(2,3)21-13(20)17-7-5-15(6-8-17)10-16(4)12(19)9-11(15)18/h5-10H2,1-4H3. The summed E-state index contributed by atoms with van der Waals surface area (Å²) in [6.45, 7) is 6.98. The Morgan fingerprint density at radius 1 is 1.19 bits per heavy atom. The molecule has 0 N–H and O–H groups in total. The summed E-state index contributed by atoms with van der Waals surface area (Å²) in [5, 5.41) is 0. The number of ketones is 1. The zero-order chi connectivity index (χ0) is 15.8. The van der Waals surface area contributed by atoms with Gasteiger partial charge in [-0.15, -0.1) is 0 Å². The Kier molecular flexibility index (Phi) is 4.00. The van der Waals surface area contributed by atoms with Crippen molar-refractivity contribution in [3.8, 4) is 0 Å². The van der Waals surface area contributed by atoms with Crippen LogP contribution in [0.15, 0.2) is 0 Å². The number of rotatable bonds is 0. The number of ether oxygens (including phenoxy) is 1. The molecule has 6 heteroatoms.